The highest BCUT2D eigenvalue weighted by Gasteiger charge is 2.05. The standard InChI is InChI=1S/C14H15N3O/c1-11(4-5-14-3-2-8-18-14)17-12-6-7-16-13(9-12)10-15/h2-3,6-9,11H,4-5H2,1H3,(H,16,17). The molecule has 4 heteroatoms. The monoisotopic (exact) mass is 241 g/mol. The highest BCUT2D eigenvalue weighted by Crippen LogP contribution is 2.12. The Labute approximate surface area is 106 Å². The van der Waals surface area contributed by atoms with Crippen molar-refractivity contribution < 1.29 is 4.42 Å². The van der Waals surface area contributed by atoms with Gasteiger partial charge in [-0.05, 0) is 37.6 Å². The van der Waals surface area contributed by atoms with E-state index in [1.165, 1.54) is 0 Å². The molecule has 92 valence electrons. The predicted molar refractivity (Wildman–Crippen MR) is 69.1 cm³/mol. The van der Waals surface area contributed by atoms with Crippen molar-refractivity contribution in [2.24, 2.45) is 0 Å². The molecule has 1 unspecified atom stereocenters. The Hall–Kier alpha value is -2.28. The molecule has 0 saturated heterocycles. The Morgan fingerprint density at radius 1 is 1.50 bits per heavy atom. The highest BCUT2D eigenvalue weighted by molar-refractivity contribution is 5.46. The van der Waals surface area contributed by atoms with E-state index in [0.29, 0.717) is 11.7 Å². The normalized spacial score (nSPS) is 11.8. The maximum Gasteiger partial charge on any atom is 0.142 e. The molecule has 0 aliphatic heterocycles. The molecule has 0 spiro atoms. The molecule has 2 rings (SSSR count). The molecule has 1 N–H and O–H groups in total. The number of nitrogens with zero attached hydrogens (tertiary/aromatic N) is 2. The fraction of sp³-hybridized carbons (Fsp3) is 0.286. The van der Waals surface area contributed by atoms with E-state index >= 15 is 0 Å². The molecule has 0 aliphatic carbocycles. The van der Waals surface area contributed by atoms with Gasteiger partial charge in [0.05, 0.1) is 6.26 Å². The van der Waals surface area contributed by atoms with Crippen molar-refractivity contribution in [3.8, 4) is 6.07 Å². The first kappa shape index (κ1) is 12.2. The van der Waals surface area contributed by atoms with Crippen molar-refractivity contribution in [1.29, 1.82) is 5.26 Å². The molecule has 2 aromatic heterocycles. The molecule has 0 saturated carbocycles. The highest BCUT2D eigenvalue weighted by atomic mass is 16.3. The summed E-state index contributed by atoms with van der Waals surface area (Å²) in [6.07, 6.45) is 5.20. The number of hydrogen-bond acceptors (Lipinski definition) is 4. The summed E-state index contributed by atoms with van der Waals surface area (Å²) in [5.41, 5.74) is 1.35. The second-order valence-electron chi connectivity index (χ2n) is 4.20. The number of furan rings is 1. The SMILES string of the molecule is CC(CCc1ccco1)Nc1ccnc(C#N)c1. The lowest BCUT2D eigenvalue weighted by molar-refractivity contribution is 0.495. The number of nitrogens with one attached hydrogen (secondary N) is 1. The van der Waals surface area contributed by atoms with Gasteiger partial charge in [-0.15, -0.1) is 0 Å². The third kappa shape index (κ3) is 3.36. The second-order valence-corrected chi connectivity index (χ2v) is 4.20. The summed E-state index contributed by atoms with van der Waals surface area (Å²) < 4.78 is 5.29. The van der Waals surface area contributed by atoms with Crippen LogP contribution < -0.4 is 5.32 Å². The summed E-state index contributed by atoms with van der Waals surface area (Å²) in [6.45, 7) is 2.11. The Morgan fingerprint density at radius 2 is 2.39 bits per heavy atom. The van der Waals surface area contributed by atoms with Crippen LogP contribution in [0.4, 0.5) is 5.69 Å². The van der Waals surface area contributed by atoms with Gasteiger partial charge in [0.2, 0.25) is 0 Å². The average Bonchev–Trinajstić information content (AvgIpc) is 2.90. The molecule has 18 heavy (non-hydrogen) atoms. The van der Waals surface area contributed by atoms with E-state index in [1.807, 2.05) is 24.3 Å². The Balaban J connectivity index is 1.87. The van der Waals surface area contributed by atoms with E-state index in [9.17, 15) is 0 Å². The largest absolute Gasteiger partial charge is 0.469 e. The van der Waals surface area contributed by atoms with E-state index < -0.39 is 0 Å². The molecule has 0 aromatic carbocycles. The van der Waals surface area contributed by atoms with Crippen LogP contribution in [-0.4, -0.2) is 11.0 Å². The first-order valence-corrected chi connectivity index (χ1v) is 5.93. The zero-order valence-electron chi connectivity index (χ0n) is 10.3. The topological polar surface area (TPSA) is 61.9 Å². The van der Waals surface area contributed by atoms with Crippen molar-refractivity contribution in [2.45, 2.75) is 25.8 Å². The maximum atomic E-state index is 8.77. The van der Waals surface area contributed by atoms with Gasteiger partial charge < -0.3 is 9.73 Å². The minimum absolute atomic E-state index is 0.309. The first-order chi connectivity index (χ1) is 8.78. The number of hydrogen-bond donors (Lipinski definition) is 1. The Bertz CT molecular complexity index is 528. The summed E-state index contributed by atoms with van der Waals surface area (Å²) in [5.74, 6) is 0.996. The number of rotatable bonds is 5. The maximum absolute atomic E-state index is 8.77. The van der Waals surface area contributed by atoms with Crippen molar-refractivity contribution >= 4 is 5.69 Å². The van der Waals surface area contributed by atoms with Crippen molar-refractivity contribution in [3.63, 3.8) is 0 Å². The van der Waals surface area contributed by atoms with Crippen LogP contribution in [0.25, 0.3) is 0 Å². The Kier molecular flexibility index (Phi) is 3.98. The number of aryl methyl sites for hydroxylation is 1. The molecular formula is C14H15N3O. The van der Waals surface area contributed by atoms with Gasteiger partial charge >= 0.3 is 0 Å². The fourth-order valence-electron chi connectivity index (χ4n) is 1.75. The smallest absolute Gasteiger partial charge is 0.142 e. The summed E-state index contributed by atoms with van der Waals surface area (Å²) >= 11 is 0. The molecule has 0 fully saturated rings. The van der Waals surface area contributed by atoms with Gasteiger partial charge in [-0.1, -0.05) is 0 Å². The molecule has 2 heterocycles. The van der Waals surface area contributed by atoms with Gasteiger partial charge in [-0.2, -0.15) is 5.26 Å². The molecule has 0 bridgehead atoms. The summed E-state index contributed by atoms with van der Waals surface area (Å²) in [7, 11) is 0. The fourth-order valence-corrected chi connectivity index (χ4v) is 1.75. The van der Waals surface area contributed by atoms with Gasteiger partial charge in [0.1, 0.15) is 17.5 Å². The number of aromatic nitrogens is 1. The lowest BCUT2D eigenvalue weighted by Crippen LogP contribution is -2.16. The number of pyridine rings is 1. The zero-order chi connectivity index (χ0) is 12.8. The van der Waals surface area contributed by atoms with Crippen LogP contribution in [0.2, 0.25) is 0 Å². The number of anilines is 1. The first-order valence-electron chi connectivity index (χ1n) is 5.93. The lowest BCUT2D eigenvalue weighted by atomic mass is 10.1. The van der Waals surface area contributed by atoms with E-state index in [1.54, 1.807) is 18.5 Å². The van der Waals surface area contributed by atoms with Crippen molar-refractivity contribution in [1.82, 2.24) is 4.98 Å². The molecule has 0 radical (unpaired) electrons. The van der Waals surface area contributed by atoms with Crippen LogP contribution >= 0.6 is 0 Å². The zero-order valence-corrected chi connectivity index (χ0v) is 10.3. The van der Waals surface area contributed by atoms with Crippen molar-refractivity contribution in [2.75, 3.05) is 5.32 Å². The van der Waals surface area contributed by atoms with Crippen LogP contribution in [0.1, 0.15) is 24.8 Å². The summed E-state index contributed by atoms with van der Waals surface area (Å²) in [4.78, 5) is 3.94. The molecular weight excluding hydrogens is 226 g/mol. The van der Waals surface area contributed by atoms with Gasteiger partial charge in [0, 0.05) is 24.3 Å². The van der Waals surface area contributed by atoms with Crippen LogP contribution in [0.3, 0.4) is 0 Å². The summed E-state index contributed by atoms with van der Waals surface area (Å²) in [6, 6.07) is 9.83. The van der Waals surface area contributed by atoms with E-state index in [-0.39, 0.29) is 0 Å². The van der Waals surface area contributed by atoms with Crippen LogP contribution in [0, 0.1) is 11.3 Å². The second kappa shape index (κ2) is 5.87. The van der Waals surface area contributed by atoms with Crippen LogP contribution in [0.15, 0.2) is 41.1 Å². The van der Waals surface area contributed by atoms with E-state index in [0.717, 1.165) is 24.3 Å². The predicted octanol–water partition coefficient (Wildman–Crippen LogP) is 2.98. The third-order valence-corrected chi connectivity index (χ3v) is 2.69. The van der Waals surface area contributed by atoms with Gasteiger partial charge in [-0.25, -0.2) is 4.98 Å². The molecule has 2 aromatic rings. The van der Waals surface area contributed by atoms with Crippen LogP contribution in [-0.2, 0) is 6.42 Å². The molecule has 0 amide bonds. The van der Waals surface area contributed by atoms with Gasteiger partial charge in [0.15, 0.2) is 0 Å². The summed E-state index contributed by atoms with van der Waals surface area (Å²) in [5, 5.41) is 12.1. The van der Waals surface area contributed by atoms with E-state index in [2.05, 4.69) is 17.2 Å². The minimum Gasteiger partial charge on any atom is -0.469 e. The van der Waals surface area contributed by atoms with E-state index in [4.69, 9.17) is 9.68 Å². The van der Waals surface area contributed by atoms with Gasteiger partial charge in [-0.3, -0.25) is 0 Å². The van der Waals surface area contributed by atoms with Crippen molar-refractivity contribution in [3.05, 3.63) is 48.2 Å². The minimum atomic E-state index is 0.309. The third-order valence-electron chi connectivity index (χ3n) is 2.69. The number of nitriles is 1. The molecule has 4 nitrogen and oxygen atoms in total. The van der Waals surface area contributed by atoms with Gasteiger partial charge in [0.25, 0.3) is 0 Å². The molecule has 0 aliphatic rings. The Morgan fingerprint density at radius 3 is 3.11 bits per heavy atom. The van der Waals surface area contributed by atoms with Crippen LogP contribution in [0.5, 0.6) is 0 Å². The lowest BCUT2D eigenvalue weighted by Gasteiger charge is -2.14. The average molecular weight is 241 g/mol. The quantitative estimate of drug-likeness (QED) is 0.874. The molecule has 1 atom stereocenters.